The van der Waals surface area contributed by atoms with Crippen LogP contribution in [0, 0.1) is 0 Å². The van der Waals surface area contributed by atoms with Crippen molar-refractivity contribution >= 4 is 17.6 Å². The minimum Gasteiger partial charge on any atom is -0.383 e. The van der Waals surface area contributed by atoms with Crippen LogP contribution < -0.4 is 17.0 Å². The number of aromatic nitrogens is 3. The molecule has 0 unspecified atom stereocenters. The lowest BCUT2D eigenvalue weighted by Gasteiger charge is -2.05. The van der Waals surface area contributed by atoms with Gasteiger partial charge in [-0.3, -0.25) is 9.78 Å². The molecule has 0 aliphatic carbocycles. The minimum absolute atomic E-state index is 0.102. The Balaban J connectivity index is 2.20. The number of anilines is 1. The molecule has 5 N–H and O–H groups in total. The van der Waals surface area contributed by atoms with E-state index in [0.29, 0.717) is 5.16 Å². The van der Waals surface area contributed by atoms with Gasteiger partial charge in [-0.2, -0.15) is 0 Å². The third-order valence-corrected chi connectivity index (χ3v) is 3.04. The second-order valence-corrected chi connectivity index (χ2v) is 4.85. The Morgan fingerprint density at radius 3 is 2.78 bits per heavy atom. The zero-order valence-corrected chi connectivity index (χ0v) is 10.6. The first-order valence-electron chi connectivity index (χ1n) is 5.31. The monoisotopic (exact) mass is 263 g/mol. The van der Waals surface area contributed by atoms with Crippen LogP contribution in [-0.2, 0) is 0 Å². The Morgan fingerprint density at radius 2 is 2.22 bits per heavy atom. The molecular formula is C11H13N5OS. The van der Waals surface area contributed by atoms with Crippen LogP contribution in [0.25, 0.3) is 0 Å². The summed E-state index contributed by atoms with van der Waals surface area (Å²) in [5.74, 6) is 0.196. The number of hydrogen-bond donors (Lipinski definition) is 3. The summed E-state index contributed by atoms with van der Waals surface area (Å²) in [6, 6.07) is 4.85. The van der Waals surface area contributed by atoms with Crippen LogP contribution in [0.15, 0.2) is 39.2 Å². The highest BCUT2D eigenvalue weighted by molar-refractivity contribution is 7.99. The van der Waals surface area contributed by atoms with Crippen molar-refractivity contribution in [1.29, 1.82) is 0 Å². The molecule has 18 heavy (non-hydrogen) atoms. The molecular weight excluding hydrogens is 250 g/mol. The highest BCUT2D eigenvalue weighted by Crippen LogP contribution is 2.23. The average molecular weight is 263 g/mol. The van der Waals surface area contributed by atoms with E-state index in [1.165, 1.54) is 17.8 Å². The van der Waals surface area contributed by atoms with Crippen LogP contribution in [-0.4, -0.2) is 15.0 Å². The number of pyridine rings is 1. The number of H-pyrrole nitrogens is 1. The van der Waals surface area contributed by atoms with Crippen LogP contribution in [0.4, 0.5) is 5.82 Å². The van der Waals surface area contributed by atoms with Gasteiger partial charge in [0.05, 0.1) is 5.69 Å². The molecule has 0 spiro atoms. The predicted molar refractivity (Wildman–Crippen MR) is 70.2 cm³/mol. The zero-order chi connectivity index (χ0) is 13.1. The number of nitrogens with two attached hydrogens (primary N) is 2. The second kappa shape index (κ2) is 5.19. The first-order valence-corrected chi connectivity index (χ1v) is 6.12. The summed E-state index contributed by atoms with van der Waals surface area (Å²) in [6.07, 6.45) is 1.69. The Bertz CT molecular complexity index is 593. The molecule has 0 amide bonds. The van der Waals surface area contributed by atoms with Gasteiger partial charge in [0, 0.05) is 23.2 Å². The van der Waals surface area contributed by atoms with Gasteiger partial charge in [0.25, 0.3) is 5.56 Å². The van der Waals surface area contributed by atoms with Crippen LogP contribution >= 0.6 is 11.8 Å². The van der Waals surface area contributed by atoms with E-state index in [1.807, 2.05) is 19.1 Å². The van der Waals surface area contributed by atoms with E-state index in [4.69, 9.17) is 11.5 Å². The maximum Gasteiger partial charge on any atom is 0.253 e. The Kier molecular flexibility index (Phi) is 3.63. The fourth-order valence-corrected chi connectivity index (χ4v) is 2.10. The lowest BCUT2D eigenvalue weighted by Crippen LogP contribution is -2.09. The summed E-state index contributed by atoms with van der Waals surface area (Å²) >= 11 is 1.29. The SMILES string of the molecule is C[C@@H](N)c1ccc(Sc2nc(N)cc(=O)[nH]2)cn1. The van der Waals surface area contributed by atoms with Crippen molar-refractivity contribution in [2.24, 2.45) is 5.73 Å². The molecule has 0 radical (unpaired) electrons. The van der Waals surface area contributed by atoms with Gasteiger partial charge in [0.15, 0.2) is 5.16 Å². The molecule has 7 heteroatoms. The summed E-state index contributed by atoms with van der Waals surface area (Å²) < 4.78 is 0. The van der Waals surface area contributed by atoms with E-state index in [9.17, 15) is 4.79 Å². The van der Waals surface area contributed by atoms with Crippen LogP contribution in [0.2, 0.25) is 0 Å². The summed E-state index contributed by atoms with van der Waals surface area (Å²) in [5.41, 5.74) is 11.8. The van der Waals surface area contributed by atoms with Gasteiger partial charge in [-0.05, 0) is 19.1 Å². The molecule has 2 rings (SSSR count). The molecule has 0 saturated carbocycles. The van der Waals surface area contributed by atoms with E-state index in [0.717, 1.165) is 10.6 Å². The molecule has 2 heterocycles. The summed E-state index contributed by atoms with van der Waals surface area (Å²) in [7, 11) is 0. The van der Waals surface area contributed by atoms with Crippen LogP contribution in [0.3, 0.4) is 0 Å². The smallest absolute Gasteiger partial charge is 0.253 e. The highest BCUT2D eigenvalue weighted by atomic mass is 32.2. The average Bonchev–Trinajstić information content (AvgIpc) is 2.28. The topological polar surface area (TPSA) is 111 Å². The largest absolute Gasteiger partial charge is 0.383 e. The van der Waals surface area contributed by atoms with Crippen molar-refractivity contribution in [3.8, 4) is 0 Å². The molecule has 1 atom stereocenters. The number of aromatic amines is 1. The highest BCUT2D eigenvalue weighted by Gasteiger charge is 2.04. The molecule has 0 fully saturated rings. The Morgan fingerprint density at radius 1 is 1.44 bits per heavy atom. The maximum atomic E-state index is 11.2. The van der Waals surface area contributed by atoms with Gasteiger partial charge < -0.3 is 16.5 Å². The van der Waals surface area contributed by atoms with Crippen molar-refractivity contribution in [1.82, 2.24) is 15.0 Å². The number of nitrogens with zero attached hydrogens (tertiary/aromatic N) is 2. The zero-order valence-electron chi connectivity index (χ0n) is 9.75. The third-order valence-electron chi connectivity index (χ3n) is 2.18. The molecule has 94 valence electrons. The summed E-state index contributed by atoms with van der Waals surface area (Å²) in [5, 5.41) is 0.440. The normalized spacial score (nSPS) is 12.3. The summed E-state index contributed by atoms with van der Waals surface area (Å²) in [4.78, 5) is 22.9. The van der Waals surface area contributed by atoms with E-state index in [-0.39, 0.29) is 17.4 Å². The number of rotatable bonds is 3. The van der Waals surface area contributed by atoms with Crippen molar-refractivity contribution < 1.29 is 0 Å². The quantitative estimate of drug-likeness (QED) is 0.710. The maximum absolute atomic E-state index is 11.2. The number of hydrogen-bond acceptors (Lipinski definition) is 6. The molecule has 2 aromatic rings. The lowest BCUT2D eigenvalue weighted by atomic mass is 10.2. The first kappa shape index (κ1) is 12.6. The van der Waals surface area contributed by atoms with E-state index >= 15 is 0 Å². The van der Waals surface area contributed by atoms with Gasteiger partial charge in [-0.15, -0.1) is 0 Å². The fraction of sp³-hybridized carbons (Fsp3) is 0.182. The summed E-state index contributed by atoms with van der Waals surface area (Å²) in [6.45, 7) is 1.87. The Labute approximate surface area is 108 Å². The van der Waals surface area contributed by atoms with Gasteiger partial charge >= 0.3 is 0 Å². The van der Waals surface area contributed by atoms with Gasteiger partial charge in [-0.1, -0.05) is 11.8 Å². The van der Waals surface area contributed by atoms with Gasteiger partial charge in [-0.25, -0.2) is 4.98 Å². The molecule has 2 aromatic heterocycles. The Hall–Kier alpha value is -1.86. The molecule has 0 aliphatic rings. The molecule has 0 bridgehead atoms. The first-order chi connectivity index (χ1) is 8.54. The molecule has 6 nitrogen and oxygen atoms in total. The van der Waals surface area contributed by atoms with Crippen LogP contribution in [0.1, 0.15) is 18.7 Å². The van der Waals surface area contributed by atoms with Gasteiger partial charge in [0.1, 0.15) is 5.82 Å². The molecule has 0 aliphatic heterocycles. The van der Waals surface area contributed by atoms with Crippen molar-refractivity contribution in [3.05, 3.63) is 40.4 Å². The molecule has 0 aromatic carbocycles. The van der Waals surface area contributed by atoms with Crippen LogP contribution in [0.5, 0.6) is 0 Å². The predicted octanol–water partition coefficient (Wildman–Crippen LogP) is 0.918. The van der Waals surface area contributed by atoms with Crippen molar-refractivity contribution in [3.63, 3.8) is 0 Å². The minimum atomic E-state index is -0.273. The third kappa shape index (κ3) is 3.08. The molecule has 0 saturated heterocycles. The van der Waals surface area contributed by atoms with E-state index in [2.05, 4.69) is 15.0 Å². The van der Waals surface area contributed by atoms with Crippen molar-refractivity contribution in [2.75, 3.05) is 5.73 Å². The number of nitrogen functional groups attached to an aromatic ring is 1. The van der Waals surface area contributed by atoms with E-state index < -0.39 is 0 Å². The lowest BCUT2D eigenvalue weighted by molar-refractivity contribution is 0.777. The standard InChI is InChI=1S/C11H13N5OS/c1-6(12)8-3-2-7(5-14-8)18-11-15-9(13)4-10(17)16-11/h2-6H,12H2,1H3,(H3,13,15,16,17)/t6-/m1/s1. The fourth-order valence-electron chi connectivity index (χ4n) is 1.33. The number of nitrogens with one attached hydrogen (secondary N) is 1. The van der Waals surface area contributed by atoms with E-state index in [1.54, 1.807) is 6.20 Å². The second-order valence-electron chi connectivity index (χ2n) is 3.78. The van der Waals surface area contributed by atoms with Crippen molar-refractivity contribution in [2.45, 2.75) is 23.0 Å². The van der Waals surface area contributed by atoms with Gasteiger partial charge in [0.2, 0.25) is 0 Å².